The van der Waals surface area contributed by atoms with E-state index in [0.29, 0.717) is 6.79 Å². The Morgan fingerprint density at radius 1 is 1.10 bits per heavy atom. The number of rotatable bonds is 3. The highest BCUT2D eigenvalue weighted by molar-refractivity contribution is 5.86. The molecular weight excluding hydrogens is 254 g/mol. The summed E-state index contributed by atoms with van der Waals surface area (Å²) in [5, 5.41) is 4.64. The molecule has 20 heavy (non-hydrogen) atoms. The third kappa shape index (κ3) is 2.13. The van der Waals surface area contributed by atoms with E-state index in [0.717, 1.165) is 56.2 Å². The van der Waals surface area contributed by atoms with Crippen LogP contribution in [0.1, 0.15) is 5.56 Å². The van der Waals surface area contributed by atoms with Crippen molar-refractivity contribution >= 4 is 10.9 Å². The minimum atomic E-state index is 0.331. The van der Waals surface area contributed by atoms with Gasteiger partial charge in [-0.2, -0.15) is 0 Å². The minimum absolute atomic E-state index is 0.331. The molecule has 0 saturated carbocycles. The average Bonchev–Trinajstić information content (AvgIpc) is 3.10. The van der Waals surface area contributed by atoms with E-state index in [9.17, 15) is 0 Å². The van der Waals surface area contributed by atoms with E-state index in [2.05, 4.69) is 27.5 Å². The maximum atomic E-state index is 5.47. The number of aromatic nitrogens is 1. The lowest BCUT2D eigenvalue weighted by Crippen LogP contribution is -2.44. The van der Waals surface area contributed by atoms with Gasteiger partial charge >= 0.3 is 0 Å². The van der Waals surface area contributed by atoms with Crippen LogP contribution in [0.3, 0.4) is 0 Å². The van der Waals surface area contributed by atoms with Gasteiger partial charge in [0.05, 0.1) is 0 Å². The van der Waals surface area contributed by atoms with E-state index in [1.165, 1.54) is 10.9 Å². The predicted molar refractivity (Wildman–Crippen MR) is 77.4 cm³/mol. The summed E-state index contributed by atoms with van der Waals surface area (Å²) in [5.74, 6) is 1.70. The summed E-state index contributed by atoms with van der Waals surface area (Å²) in [6, 6.07) is 4.13. The van der Waals surface area contributed by atoms with Gasteiger partial charge in [-0.25, -0.2) is 0 Å². The molecule has 0 amide bonds. The quantitative estimate of drug-likeness (QED) is 0.886. The van der Waals surface area contributed by atoms with Gasteiger partial charge in [0.1, 0.15) is 0 Å². The van der Waals surface area contributed by atoms with Crippen molar-refractivity contribution in [2.24, 2.45) is 0 Å². The molecule has 5 heteroatoms. The number of benzene rings is 1. The van der Waals surface area contributed by atoms with E-state index in [4.69, 9.17) is 9.47 Å². The predicted octanol–water partition coefficient (Wildman–Crippen LogP) is 1.34. The molecular formula is C15H19N3O2. The fourth-order valence-corrected chi connectivity index (χ4v) is 2.99. The maximum absolute atomic E-state index is 5.47. The van der Waals surface area contributed by atoms with Gasteiger partial charge in [0.2, 0.25) is 6.79 Å². The first-order valence-electron chi connectivity index (χ1n) is 7.23. The number of hydrogen-bond donors (Lipinski definition) is 2. The smallest absolute Gasteiger partial charge is 0.231 e. The molecule has 2 aliphatic rings. The number of nitrogens with one attached hydrogen (secondary N) is 2. The van der Waals surface area contributed by atoms with Crippen molar-refractivity contribution in [1.82, 2.24) is 15.2 Å². The molecule has 1 fully saturated rings. The van der Waals surface area contributed by atoms with Crippen LogP contribution in [0, 0.1) is 0 Å². The molecule has 2 N–H and O–H groups in total. The molecule has 3 heterocycles. The average molecular weight is 273 g/mol. The molecule has 0 bridgehead atoms. The van der Waals surface area contributed by atoms with E-state index in [1.807, 2.05) is 6.07 Å². The first kappa shape index (κ1) is 12.1. The molecule has 2 aromatic rings. The number of ether oxygens (including phenoxy) is 2. The standard InChI is InChI=1S/C15H19N3O2/c1(4-18-5-2-16-3-6-18)11-9-17-13-8-15-14(7-12(11)13)19-10-20-15/h7-9,16-17H,1-6,10H2. The Bertz CT molecular complexity index is 617. The van der Waals surface area contributed by atoms with E-state index < -0.39 is 0 Å². The third-order valence-corrected chi connectivity index (χ3v) is 4.17. The Labute approximate surface area is 117 Å². The monoisotopic (exact) mass is 273 g/mol. The number of fused-ring (bicyclic) bond motifs is 2. The fraction of sp³-hybridized carbons (Fsp3) is 0.467. The highest BCUT2D eigenvalue weighted by Gasteiger charge is 2.17. The summed E-state index contributed by atoms with van der Waals surface area (Å²) in [6.07, 6.45) is 3.18. The molecule has 0 spiro atoms. The maximum Gasteiger partial charge on any atom is 0.231 e. The molecule has 1 aromatic carbocycles. The zero-order chi connectivity index (χ0) is 13.4. The minimum Gasteiger partial charge on any atom is -0.454 e. The first-order chi connectivity index (χ1) is 9.90. The van der Waals surface area contributed by atoms with Crippen LogP contribution in [0.5, 0.6) is 11.5 Å². The van der Waals surface area contributed by atoms with E-state index >= 15 is 0 Å². The molecule has 5 nitrogen and oxygen atoms in total. The van der Waals surface area contributed by atoms with Gasteiger partial charge < -0.3 is 24.7 Å². The van der Waals surface area contributed by atoms with Crippen LogP contribution in [-0.2, 0) is 6.42 Å². The number of piperazine rings is 1. The highest BCUT2D eigenvalue weighted by Crippen LogP contribution is 2.36. The van der Waals surface area contributed by atoms with Crippen molar-refractivity contribution in [2.75, 3.05) is 39.5 Å². The van der Waals surface area contributed by atoms with Gasteiger partial charge in [-0.3, -0.25) is 0 Å². The van der Waals surface area contributed by atoms with Crippen molar-refractivity contribution < 1.29 is 9.47 Å². The lowest BCUT2D eigenvalue weighted by atomic mass is 10.1. The van der Waals surface area contributed by atoms with Gasteiger partial charge in [-0.1, -0.05) is 0 Å². The van der Waals surface area contributed by atoms with Gasteiger partial charge in [-0.05, 0) is 18.1 Å². The van der Waals surface area contributed by atoms with Crippen molar-refractivity contribution in [3.05, 3.63) is 23.9 Å². The largest absolute Gasteiger partial charge is 0.454 e. The lowest BCUT2D eigenvalue weighted by Gasteiger charge is -2.26. The van der Waals surface area contributed by atoms with Crippen LogP contribution in [0.25, 0.3) is 10.9 Å². The molecule has 0 aliphatic carbocycles. The molecule has 106 valence electrons. The third-order valence-electron chi connectivity index (χ3n) is 4.17. The molecule has 0 unspecified atom stereocenters. The number of nitrogens with zero attached hydrogens (tertiary/aromatic N) is 1. The number of aromatic amines is 1. The van der Waals surface area contributed by atoms with Crippen LogP contribution in [0.4, 0.5) is 0 Å². The van der Waals surface area contributed by atoms with Crippen LogP contribution in [0.15, 0.2) is 18.3 Å². The molecule has 1 aromatic heterocycles. The topological polar surface area (TPSA) is 49.5 Å². The van der Waals surface area contributed by atoms with Crippen molar-refractivity contribution in [1.29, 1.82) is 0 Å². The Morgan fingerprint density at radius 3 is 2.75 bits per heavy atom. The Kier molecular flexibility index (Phi) is 3.01. The van der Waals surface area contributed by atoms with Crippen molar-refractivity contribution in [3.63, 3.8) is 0 Å². The van der Waals surface area contributed by atoms with Crippen molar-refractivity contribution in [2.45, 2.75) is 6.42 Å². The first-order valence-corrected chi connectivity index (χ1v) is 7.23. The normalized spacial score (nSPS) is 18.8. The van der Waals surface area contributed by atoms with Gasteiger partial charge in [0, 0.05) is 55.9 Å². The van der Waals surface area contributed by atoms with Crippen LogP contribution in [0.2, 0.25) is 0 Å². The van der Waals surface area contributed by atoms with E-state index in [-0.39, 0.29) is 0 Å². The SMILES string of the molecule is c1[nH]c2cc3c(cc2c1CCN1CCNCC1)OCO3. The van der Waals surface area contributed by atoms with Gasteiger partial charge in [0.25, 0.3) is 0 Å². The van der Waals surface area contributed by atoms with Crippen LogP contribution >= 0.6 is 0 Å². The fourth-order valence-electron chi connectivity index (χ4n) is 2.99. The van der Waals surface area contributed by atoms with Crippen LogP contribution < -0.4 is 14.8 Å². The summed E-state index contributed by atoms with van der Waals surface area (Å²) >= 11 is 0. The zero-order valence-electron chi connectivity index (χ0n) is 11.4. The summed E-state index contributed by atoms with van der Waals surface area (Å²) in [6.45, 7) is 5.95. The van der Waals surface area contributed by atoms with E-state index in [1.54, 1.807) is 0 Å². The molecule has 0 atom stereocenters. The van der Waals surface area contributed by atoms with Crippen LogP contribution in [-0.4, -0.2) is 49.4 Å². The second kappa shape index (κ2) is 5.00. The Hall–Kier alpha value is -1.72. The Balaban J connectivity index is 1.54. The second-order valence-electron chi connectivity index (χ2n) is 5.41. The number of hydrogen-bond acceptors (Lipinski definition) is 4. The summed E-state index contributed by atoms with van der Waals surface area (Å²) < 4.78 is 10.9. The molecule has 4 rings (SSSR count). The highest BCUT2D eigenvalue weighted by atomic mass is 16.7. The summed E-state index contributed by atoms with van der Waals surface area (Å²) in [7, 11) is 0. The zero-order valence-corrected chi connectivity index (χ0v) is 11.4. The second-order valence-corrected chi connectivity index (χ2v) is 5.41. The Morgan fingerprint density at radius 2 is 1.90 bits per heavy atom. The summed E-state index contributed by atoms with van der Waals surface area (Å²) in [5.41, 5.74) is 2.49. The van der Waals surface area contributed by atoms with Gasteiger partial charge in [0.15, 0.2) is 11.5 Å². The molecule has 0 radical (unpaired) electrons. The number of H-pyrrole nitrogens is 1. The summed E-state index contributed by atoms with van der Waals surface area (Å²) in [4.78, 5) is 5.86. The molecule has 2 aliphatic heterocycles. The lowest BCUT2D eigenvalue weighted by molar-refractivity contribution is 0.174. The van der Waals surface area contributed by atoms with Crippen molar-refractivity contribution in [3.8, 4) is 11.5 Å². The molecule has 1 saturated heterocycles. The van der Waals surface area contributed by atoms with Gasteiger partial charge in [-0.15, -0.1) is 0 Å².